The van der Waals surface area contributed by atoms with Crippen molar-refractivity contribution in [2.75, 3.05) is 7.11 Å². The van der Waals surface area contributed by atoms with E-state index in [2.05, 4.69) is 9.72 Å². The number of pyridine rings is 1. The molecule has 0 aliphatic carbocycles. The zero-order valence-corrected chi connectivity index (χ0v) is 10.5. The van der Waals surface area contributed by atoms with E-state index in [1.807, 2.05) is 0 Å². The lowest BCUT2D eigenvalue weighted by Crippen LogP contribution is -2.08. The number of rotatable bonds is 5. The smallest absolute Gasteiger partial charge is 0.387 e. The minimum absolute atomic E-state index is 0.0189. The number of carbonyl (C=O) groups excluding carboxylic acids is 1. The van der Waals surface area contributed by atoms with Crippen molar-refractivity contribution in [3.63, 3.8) is 0 Å². The molecule has 1 aromatic heterocycles. The second-order valence-electron chi connectivity index (χ2n) is 3.78. The van der Waals surface area contributed by atoms with Crippen LogP contribution in [0.3, 0.4) is 0 Å². The van der Waals surface area contributed by atoms with Crippen LogP contribution in [0, 0.1) is 0 Å². The fraction of sp³-hybridized carbons (Fsp3) is 0.143. The quantitative estimate of drug-likeness (QED) is 0.790. The number of hydrogen-bond acceptors (Lipinski definition) is 4. The lowest BCUT2D eigenvalue weighted by molar-refractivity contribution is -0.0512. The Morgan fingerprint density at radius 2 is 1.90 bits per heavy atom. The maximum atomic E-state index is 12.3. The van der Waals surface area contributed by atoms with Crippen LogP contribution >= 0.6 is 0 Å². The molecule has 0 amide bonds. The van der Waals surface area contributed by atoms with Gasteiger partial charge in [-0.15, -0.1) is 0 Å². The van der Waals surface area contributed by atoms with Crippen molar-refractivity contribution in [2.45, 2.75) is 6.61 Å². The van der Waals surface area contributed by atoms with Crippen LogP contribution in [0.25, 0.3) is 0 Å². The highest BCUT2D eigenvalue weighted by Crippen LogP contribution is 2.33. The van der Waals surface area contributed by atoms with Crippen LogP contribution in [-0.4, -0.2) is 24.5 Å². The number of benzene rings is 1. The van der Waals surface area contributed by atoms with Crippen LogP contribution in [-0.2, 0) is 0 Å². The Balaban J connectivity index is 2.44. The zero-order chi connectivity index (χ0) is 14.5. The molecular formula is C14H11F2NO3. The SMILES string of the molecule is COc1c(OC(F)F)cccc1C(=O)c1ccncc1. The van der Waals surface area contributed by atoms with Crippen LogP contribution in [0.1, 0.15) is 15.9 Å². The summed E-state index contributed by atoms with van der Waals surface area (Å²) in [5.74, 6) is -0.555. The number of carbonyl (C=O) groups is 1. The van der Waals surface area contributed by atoms with Gasteiger partial charge in [0.1, 0.15) is 0 Å². The molecule has 2 rings (SSSR count). The number of nitrogens with zero attached hydrogens (tertiary/aromatic N) is 1. The van der Waals surface area contributed by atoms with Crippen molar-refractivity contribution >= 4 is 5.78 Å². The molecule has 1 aromatic carbocycles. The number of ketones is 1. The van der Waals surface area contributed by atoms with Crippen molar-refractivity contribution in [3.8, 4) is 11.5 Å². The summed E-state index contributed by atoms with van der Waals surface area (Å²) in [5, 5.41) is 0. The summed E-state index contributed by atoms with van der Waals surface area (Å²) >= 11 is 0. The van der Waals surface area contributed by atoms with Gasteiger partial charge in [0.05, 0.1) is 12.7 Å². The first-order valence-corrected chi connectivity index (χ1v) is 5.70. The van der Waals surface area contributed by atoms with E-state index in [-0.39, 0.29) is 22.8 Å². The monoisotopic (exact) mass is 279 g/mol. The summed E-state index contributed by atoms with van der Waals surface area (Å²) in [5.41, 5.74) is 0.532. The summed E-state index contributed by atoms with van der Waals surface area (Å²) in [6.45, 7) is -2.99. The molecule has 20 heavy (non-hydrogen) atoms. The van der Waals surface area contributed by atoms with Gasteiger partial charge in [-0.3, -0.25) is 9.78 Å². The van der Waals surface area contributed by atoms with E-state index in [1.165, 1.54) is 49.8 Å². The Bertz CT molecular complexity index is 603. The van der Waals surface area contributed by atoms with Crippen LogP contribution in [0.15, 0.2) is 42.7 Å². The number of para-hydroxylation sites is 1. The molecule has 4 nitrogen and oxygen atoms in total. The van der Waals surface area contributed by atoms with Gasteiger partial charge >= 0.3 is 6.61 Å². The van der Waals surface area contributed by atoms with E-state index < -0.39 is 6.61 Å². The fourth-order valence-electron chi connectivity index (χ4n) is 1.75. The van der Waals surface area contributed by atoms with Gasteiger partial charge in [-0.05, 0) is 24.3 Å². The van der Waals surface area contributed by atoms with E-state index in [9.17, 15) is 13.6 Å². The molecule has 0 radical (unpaired) electrons. The summed E-state index contributed by atoms with van der Waals surface area (Å²) in [6, 6.07) is 7.31. The van der Waals surface area contributed by atoms with Gasteiger partial charge in [-0.1, -0.05) is 6.07 Å². The Morgan fingerprint density at radius 3 is 2.50 bits per heavy atom. The summed E-state index contributed by atoms with van der Waals surface area (Å²) < 4.78 is 34.0. The van der Waals surface area contributed by atoms with Crippen LogP contribution in [0.4, 0.5) is 8.78 Å². The van der Waals surface area contributed by atoms with Crippen LogP contribution in [0.2, 0.25) is 0 Å². The molecule has 6 heteroatoms. The van der Waals surface area contributed by atoms with Crippen LogP contribution in [0.5, 0.6) is 11.5 Å². The Labute approximate surface area is 114 Å². The van der Waals surface area contributed by atoms with E-state index in [0.29, 0.717) is 5.56 Å². The molecule has 0 saturated heterocycles. The number of methoxy groups -OCH3 is 1. The maximum absolute atomic E-state index is 12.3. The molecule has 2 aromatic rings. The van der Waals surface area contributed by atoms with Crippen LogP contribution < -0.4 is 9.47 Å². The molecule has 0 fully saturated rings. The van der Waals surface area contributed by atoms with Gasteiger partial charge in [-0.2, -0.15) is 8.78 Å². The Kier molecular flexibility index (Phi) is 4.24. The van der Waals surface area contributed by atoms with Gasteiger partial charge in [0.2, 0.25) is 0 Å². The highest BCUT2D eigenvalue weighted by molar-refractivity contribution is 6.11. The normalized spacial score (nSPS) is 10.4. The second kappa shape index (κ2) is 6.10. The van der Waals surface area contributed by atoms with Gasteiger partial charge in [0, 0.05) is 18.0 Å². The first-order valence-electron chi connectivity index (χ1n) is 5.70. The van der Waals surface area contributed by atoms with Crippen molar-refractivity contribution < 1.29 is 23.0 Å². The summed E-state index contributed by atoms with van der Waals surface area (Å²) in [6.07, 6.45) is 2.94. The van der Waals surface area contributed by atoms with Crippen molar-refractivity contribution in [1.82, 2.24) is 4.98 Å². The Hall–Kier alpha value is -2.50. The minimum Gasteiger partial charge on any atom is -0.492 e. The molecule has 104 valence electrons. The minimum atomic E-state index is -2.99. The highest BCUT2D eigenvalue weighted by atomic mass is 19.3. The maximum Gasteiger partial charge on any atom is 0.387 e. The third-order valence-electron chi connectivity index (χ3n) is 2.59. The molecule has 1 heterocycles. The van der Waals surface area contributed by atoms with Crippen molar-refractivity contribution in [3.05, 3.63) is 53.9 Å². The molecule has 0 saturated carbocycles. The second-order valence-corrected chi connectivity index (χ2v) is 3.78. The molecule has 0 atom stereocenters. The first kappa shape index (κ1) is 13.9. The number of aromatic nitrogens is 1. The average Bonchev–Trinajstić information content (AvgIpc) is 2.46. The van der Waals surface area contributed by atoms with E-state index in [4.69, 9.17) is 4.74 Å². The average molecular weight is 279 g/mol. The molecule has 0 aliphatic rings. The third kappa shape index (κ3) is 2.90. The molecular weight excluding hydrogens is 268 g/mol. The third-order valence-corrected chi connectivity index (χ3v) is 2.59. The molecule has 0 aliphatic heterocycles. The van der Waals surface area contributed by atoms with Crippen molar-refractivity contribution in [1.29, 1.82) is 0 Å². The van der Waals surface area contributed by atoms with Gasteiger partial charge in [0.15, 0.2) is 17.3 Å². The van der Waals surface area contributed by atoms with E-state index in [0.717, 1.165) is 0 Å². The van der Waals surface area contributed by atoms with E-state index in [1.54, 1.807) is 0 Å². The number of alkyl halides is 2. The predicted octanol–water partition coefficient (Wildman–Crippen LogP) is 2.92. The molecule has 0 N–H and O–H groups in total. The predicted molar refractivity (Wildman–Crippen MR) is 67.3 cm³/mol. The summed E-state index contributed by atoms with van der Waals surface area (Å²) in [4.78, 5) is 16.1. The Morgan fingerprint density at radius 1 is 1.20 bits per heavy atom. The zero-order valence-electron chi connectivity index (χ0n) is 10.5. The first-order chi connectivity index (χ1) is 9.63. The highest BCUT2D eigenvalue weighted by Gasteiger charge is 2.19. The van der Waals surface area contributed by atoms with Gasteiger partial charge < -0.3 is 9.47 Å². The number of ether oxygens (including phenoxy) is 2. The molecule has 0 unspecified atom stereocenters. The van der Waals surface area contributed by atoms with Crippen molar-refractivity contribution in [2.24, 2.45) is 0 Å². The number of hydrogen-bond donors (Lipinski definition) is 0. The van der Waals surface area contributed by atoms with E-state index >= 15 is 0 Å². The summed E-state index contributed by atoms with van der Waals surface area (Å²) in [7, 11) is 1.29. The fourth-order valence-corrected chi connectivity index (χ4v) is 1.75. The lowest BCUT2D eigenvalue weighted by atomic mass is 10.0. The van der Waals surface area contributed by atoms with Gasteiger partial charge in [0.25, 0.3) is 0 Å². The topological polar surface area (TPSA) is 48.4 Å². The number of halogens is 2. The molecule has 0 spiro atoms. The van der Waals surface area contributed by atoms with Gasteiger partial charge in [-0.25, -0.2) is 0 Å². The lowest BCUT2D eigenvalue weighted by Gasteiger charge is -2.13. The standard InChI is InChI=1S/C14H11F2NO3/c1-19-13-10(3-2-4-11(13)20-14(15)16)12(18)9-5-7-17-8-6-9/h2-8,14H,1H3. The molecule has 0 bridgehead atoms. The largest absolute Gasteiger partial charge is 0.492 e.